The van der Waals surface area contributed by atoms with E-state index in [9.17, 15) is 9.59 Å². The summed E-state index contributed by atoms with van der Waals surface area (Å²) in [6, 6.07) is 0. The minimum atomic E-state index is -0.370. The summed E-state index contributed by atoms with van der Waals surface area (Å²) in [5.74, 6) is 0. The van der Waals surface area contributed by atoms with Gasteiger partial charge in [-0.05, 0) is 25.9 Å². The highest BCUT2D eigenvalue weighted by Crippen LogP contribution is 2.03. The summed E-state index contributed by atoms with van der Waals surface area (Å²) >= 11 is 0. The van der Waals surface area contributed by atoms with Gasteiger partial charge in [0.15, 0.2) is 0 Å². The fourth-order valence-electron chi connectivity index (χ4n) is 2.37. The van der Waals surface area contributed by atoms with Crippen LogP contribution in [0.15, 0.2) is 0 Å². The van der Waals surface area contributed by atoms with Crippen LogP contribution in [0, 0.1) is 0 Å². The third kappa shape index (κ3) is 8.04. The zero-order chi connectivity index (χ0) is 16.2. The van der Waals surface area contributed by atoms with Crippen LogP contribution in [0.1, 0.15) is 12.8 Å². The molecule has 8 heteroatoms. The van der Waals surface area contributed by atoms with Crippen molar-refractivity contribution in [3.8, 4) is 0 Å². The van der Waals surface area contributed by atoms with Gasteiger partial charge in [-0.25, -0.2) is 9.59 Å². The maximum absolute atomic E-state index is 10.9. The first-order chi connectivity index (χ1) is 10.7. The van der Waals surface area contributed by atoms with E-state index >= 15 is 0 Å². The van der Waals surface area contributed by atoms with E-state index in [-0.39, 0.29) is 12.2 Å². The Labute approximate surface area is 132 Å². The van der Waals surface area contributed by atoms with Crippen LogP contribution in [0.3, 0.4) is 0 Å². The molecular formula is C14H28N4O4. The van der Waals surface area contributed by atoms with Gasteiger partial charge in [0.2, 0.25) is 0 Å². The molecule has 1 saturated heterocycles. The molecule has 8 nitrogen and oxygen atoms in total. The Kier molecular flexibility index (Phi) is 9.33. The summed E-state index contributed by atoms with van der Waals surface area (Å²) < 4.78 is 9.04. The zero-order valence-corrected chi connectivity index (χ0v) is 13.6. The van der Waals surface area contributed by atoms with E-state index in [2.05, 4.69) is 29.9 Å². The van der Waals surface area contributed by atoms with Crippen molar-refractivity contribution in [2.24, 2.45) is 0 Å². The lowest BCUT2D eigenvalue weighted by Crippen LogP contribution is -2.47. The first kappa shape index (κ1) is 18.5. The number of methoxy groups -OCH3 is 2. The van der Waals surface area contributed by atoms with Gasteiger partial charge in [-0.3, -0.25) is 0 Å². The number of rotatable bonds is 8. The molecular weight excluding hydrogens is 288 g/mol. The molecule has 1 heterocycles. The molecule has 0 aromatic carbocycles. The summed E-state index contributed by atoms with van der Waals surface area (Å²) in [4.78, 5) is 26.6. The number of hydrogen-bond donors (Lipinski definition) is 2. The van der Waals surface area contributed by atoms with Crippen molar-refractivity contribution in [3.05, 3.63) is 0 Å². The van der Waals surface area contributed by atoms with Crippen molar-refractivity contribution in [2.45, 2.75) is 12.8 Å². The third-order valence-corrected chi connectivity index (χ3v) is 3.68. The van der Waals surface area contributed by atoms with Crippen molar-refractivity contribution in [2.75, 3.05) is 66.6 Å². The van der Waals surface area contributed by atoms with Gasteiger partial charge in [0.1, 0.15) is 0 Å². The average molecular weight is 316 g/mol. The summed E-state index contributed by atoms with van der Waals surface area (Å²) in [5.41, 5.74) is 0. The normalized spacial score (nSPS) is 16.1. The van der Waals surface area contributed by atoms with Crippen LogP contribution in [0.4, 0.5) is 9.59 Å². The van der Waals surface area contributed by atoms with Gasteiger partial charge < -0.3 is 29.9 Å². The molecule has 0 saturated carbocycles. The van der Waals surface area contributed by atoms with Crippen molar-refractivity contribution < 1.29 is 19.1 Å². The average Bonchev–Trinajstić information content (AvgIpc) is 2.56. The molecule has 2 amide bonds. The highest BCUT2D eigenvalue weighted by molar-refractivity contribution is 5.67. The Hall–Kier alpha value is -1.54. The quantitative estimate of drug-likeness (QED) is 0.618. The lowest BCUT2D eigenvalue weighted by atomic mass is 10.2. The summed E-state index contributed by atoms with van der Waals surface area (Å²) in [6.45, 7) is 7.44. The standard InChI is InChI=1S/C14H28N4O4/c1-21-13(19)15-5-3-7-17-9-11-18(12-10-17)8-4-6-16-14(20)22-2/h3-12H2,1-2H3,(H,15,19)(H,16,20). The van der Waals surface area contributed by atoms with Crippen LogP contribution >= 0.6 is 0 Å². The van der Waals surface area contributed by atoms with Gasteiger partial charge in [0.05, 0.1) is 14.2 Å². The smallest absolute Gasteiger partial charge is 0.406 e. The van der Waals surface area contributed by atoms with E-state index in [1.807, 2.05) is 0 Å². The Balaban J connectivity index is 1.99. The van der Waals surface area contributed by atoms with Crippen LogP contribution in [0.2, 0.25) is 0 Å². The molecule has 22 heavy (non-hydrogen) atoms. The number of hydrogen-bond acceptors (Lipinski definition) is 6. The van der Waals surface area contributed by atoms with Crippen molar-refractivity contribution >= 4 is 12.2 Å². The van der Waals surface area contributed by atoms with Crippen molar-refractivity contribution in [1.29, 1.82) is 0 Å². The number of carbonyl (C=O) groups is 2. The molecule has 0 unspecified atom stereocenters. The lowest BCUT2D eigenvalue weighted by molar-refractivity contribution is 0.129. The van der Waals surface area contributed by atoms with Crippen molar-refractivity contribution in [1.82, 2.24) is 20.4 Å². The van der Waals surface area contributed by atoms with Crippen LogP contribution < -0.4 is 10.6 Å². The molecule has 1 aliphatic rings. The summed E-state index contributed by atoms with van der Waals surface area (Å²) in [6.07, 6.45) is 1.12. The second-order valence-electron chi connectivity index (χ2n) is 5.23. The highest BCUT2D eigenvalue weighted by Gasteiger charge is 2.15. The molecule has 0 spiro atoms. The minimum Gasteiger partial charge on any atom is -0.453 e. The molecule has 1 aliphatic heterocycles. The molecule has 0 atom stereocenters. The predicted molar refractivity (Wildman–Crippen MR) is 82.9 cm³/mol. The zero-order valence-electron chi connectivity index (χ0n) is 13.6. The van der Waals surface area contributed by atoms with Crippen LogP contribution in [-0.2, 0) is 9.47 Å². The minimum absolute atomic E-state index is 0.370. The first-order valence-electron chi connectivity index (χ1n) is 7.74. The monoisotopic (exact) mass is 316 g/mol. The van der Waals surface area contributed by atoms with Gasteiger partial charge in [-0.2, -0.15) is 0 Å². The van der Waals surface area contributed by atoms with E-state index in [0.29, 0.717) is 13.1 Å². The second-order valence-corrected chi connectivity index (χ2v) is 5.23. The van der Waals surface area contributed by atoms with E-state index in [1.165, 1.54) is 14.2 Å². The molecule has 0 aromatic rings. The predicted octanol–water partition coefficient (Wildman–Crippen LogP) is 0.0962. The Morgan fingerprint density at radius 1 is 0.818 bits per heavy atom. The van der Waals surface area contributed by atoms with E-state index in [0.717, 1.165) is 52.1 Å². The highest BCUT2D eigenvalue weighted by atomic mass is 16.5. The lowest BCUT2D eigenvalue weighted by Gasteiger charge is -2.34. The Bertz CT molecular complexity index is 301. The van der Waals surface area contributed by atoms with Gasteiger partial charge in [0, 0.05) is 39.3 Å². The molecule has 0 radical (unpaired) electrons. The number of carbonyl (C=O) groups excluding carboxylic acids is 2. The largest absolute Gasteiger partial charge is 0.453 e. The number of piperazine rings is 1. The second kappa shape index (κ2) is 11.1. The SMILES string of the molecule is COC(=O)NCCCN1CCN(CCCNC(=O)OC)CC1. The molecule has 0 bridgehead atoms. The third-order valence-electron chi connectivity index (χ3n) is 3.68. The van der Waals surface area contributed by atoms with Gasteiger partial charge in [-0.1, -0.05) is 0 Å². The number of alkyl carbamates (subject to hydrolysis) is 2. The molecule has 0 aliphatic carbocycles. The fraction of sp³-hybridized carbons (Fsp3) is 0.857. The van der Waals surface area contributed by atoms with Crippen molar-refractivity contribution in [3.63, 3.8) is 0 Å². The Morgan fingerprint density at radius 3 is 1.50 bits per heavy atom. The molecule has 2 N–H and O–H groups in total. The topological polar surface area (TPSA) is 83.1 Å². The summed E-state index contributed by atoms with van der Waals surface area (Å²) in [7, 11) is 2.74. The number of nitrogens with one attached hydrogen (secondary N) is 2. The van der Waals surface area contributed by atoms with Gasteiger partial charge >= 0.3 is 12.2 Å². The van der Waals surface area contributed by atoms with Crippen LogP contribution in [0.5, 0.6) is 0 Å². The molecule has 1 fully saturated rings. The Morgan fingerprint density at radius 2 is 1.18 bits per heavy atom. The first-order valence-corrected chi connectivity index (χ1v) is 7.74. The van der Waals surface area contributed by atoms with E-state index < -0.39 is 0 Å². The number of ether oxygens (including phenoxy) is 2. The van der Waals surface area contributed by atoms with E-state index in [1.54, 1.807) is 0 Å². The summed E-state index contributed by atoms with van der Waals surface area (Å²) in [5, 5.41) is 5.37. The maximum atomic E-state index is 10.9. The van der Waals surface area contributed by atoms with Gasteiger partial charge in [0.25, 0.3) is 0 Å². The molecule has 128 valence electrons. The fourth-order valence-corrected chi connectivity index (χ4v) is 2.37. The molecule has 0 aromatic heterocycles. The van der Waals surface area contributed by atoms with E-state index in [4.69, 9.17) is 0 Å². The van der Waals surface area contributed by atoms with Gasteiger partial charge in [-0.15, -0.1) is 0 Å². The maximum Gasteiger partial charge on any atom is 0.406 e. The molecule has 1 rings (SSSR count). The number of amides is 2. The van der Waals surface area contributed by atoms with Crippen LogP contribution in [0.25, 0.3) is 0 Å². The number of nitrogens with zero attached hydrogens (tertiary/aromatic N) is 2. The van der Waals surface area contributed by atoms with Crippen LogP contribution in [-0.4, -0.2) is 88.6 Å².